The first-order valence-electron chi connectivity index (χ1n) is 4.56. The van der Waals surface area contributed by atoms with Gasteiger partial charge in [0.25, 0.3) is 0 Å². The molecular weight excluding hydrogens is 190 g/mol. The molecule has 0 unspecified atom stereocenters. The number of aromatic nitrogens is 2. The van der Waals surface area contributed by atoms with E-state index < -0.39 is 12.5 Å². The Hall–Kier alpha value is -1.13. The van der Waals surface area contributed by atoms with E-state index in [4.69, 9.17) is 4.74 Å². The first kappa shape index (κ1) is 9.43. The molecule has 0 amide bonds. The van der Waals surface area contributed by atoms with Crippen LogP contribution in [0, 0.1) is 0 Å². The van der Waals surface area contributed by atoms with Crippen molar-refractivity contribution in [3.8, 4) is 5.88 Å². The normalized spacial score (nSPS) is 19.2. The van der Waals surface area contributed by atoms with Crippen molar-refractivity contribution < 1.29 is 13.5 Å². The van der Waals surface area contributed by atoms with Gasteiger partial charge in [-0.1, -0.05) is 13.8 Å². The molecule has 0 aliphatic carbocycles. The van der Waals surface area contributed by atoms with Crippen molar-refractivity contribution in [3.05, 3.63) is 11.8 Å². The predicted molar refractivity (Wildman–Crippen MR) is 46.8 cm³/mol. The highest BCUT2D eigenvalue weighted by Crippen LogP contribution is 2.32. The van der Waals surface area contributed by atoms with Gasteiger partial charge in [0, 0.05) is 5.56 Å². The van der Waals surface area contributed by atoms with Gasteiger partial charge in [0.2, 0.25) is 5.88 Å². The van der Waals surface area contributed by atoms with Crippen LogP contribution in [-0.2, 0) is 6.54 Å². The molecule has 0 saturated carbocycles. The number of hydrogen-bond donors (Lipinski definition) is 0. The Kier molecular flexibility index (Phi) is 1.97. The maximum Gasteiger partial charge on any atom is 0.300 e. The van der Waals surface area contributed by atoms with E-state index in [2.05, 4.69) is 5.10 Å². The maximum absolute atomic E-state index is 12.9. The Morgan fingerprint density at radius 3 is 2.93 bits per heavy atom. The monoisotopic (exact) mass is 202 g/mol. The van der Waals surface area contributed by atoms with E-state index in [0.29, 0.717) is 5.88 Å². The summed E-state index contributed by atoms with van der Waals surface area (Å²) in [5.74, 6) is -2.07. The molecule has 0 bridgehead atoms. The van der Waals surface area contributed by atoms with Crippen LogP contribution in [0.15, 0.2) is 6.20 Å². The minimum atomic E-state index is -2.80. The SMILES string of the molecule is CC(C)c1cnn2c1OCC(F)(F)C2. The highest BCUT2D eigenvalue weighted by atomic mass is 19.3. The summed E-state index contributed by atoms with van der Waals surface area (Å²) in [6, 6.07) is 0. The topological polar surface area (TPSA) is 27.1 Å². The molecule has 0 spiro atoms. The van der Waals surface area contributed by atoms with Crippen LogP contribution >= 0.6 is 0 Å². The number of hydrogen-bond acceptors (Lipinski definition) is 2. The van der Waals surface area contributed by atoms with Gasteiger partial charge in [0.05, 0.1) is 6.20 Å². The van der Waals surface area contributed by atoms with Crippen molar-refractivity contribution >= 4 is 0 Å². The fourth-order valence-electron chi connectivity index (χ4n) is 1.49. The molecule has 78 valence electrons. The van der Waals surface area contributed by atoms with Gasteiger partial charge in [-0.05, 0) is 5.92 Å². The second-order valence-corrected chi connectivity index (χ2v) is 3.86. The molecule has 0 fully saturated rings. The average molecular weight is 202 g/mol. The lowest BCUT2D eigenvalue weighted by molar-refractivity contribution is -0.0798. The smallest absolute Gasteiger partial charge is 0.300 e. The van der Waals surface area contributed by atoms with Crippen LogP contribution in [0.4, 0.5) is 8.78 Å². The molecule has 0 atom stereocenters. The van der Waals surface area contributed by atoms with Gasteiger partial charge in [-0.15, -0.1) is 0 Å². The molecule has 0 saturated heterocycles. The van der Waals surface area contributed by atoms with E-state index in [1.165, 1.54) is 4.68 Å². The maximum atomic E-state index is 12.9. The Labute approximate surface area is 80.7 Å². The Morgan fingerprint density at radius 1 is 1.57 bits per heavy atom. The van der Waals surface area contributed by atoms with Gasteiger partial charge in [0.15, 0.2) is 6.61 Å². The molecule has 3 nitrogen and oxygen atoms in total. The molecule has 0 aromatic carbocycles. The van der Waals surface area contributed by atoms with Gasteiger partial charge in [-0.2, -0.15) is 5.10 Å². The fourth-order valence-corrected chi connectivity index (χ4v) is 1.49. The molecule has 1 aromatic heterocycles. The third-order valence-electron chi connectivity index (χ3n) is 2.24. The van der Waals surface area contributed by atoms with Crippen LogP contribution in [0.2, 0.25) is 0 Å². The van der Waals surface area contributed by atoms with Gasteiger partial charge in [-0.3, -0.25) is 0 Å². The highest BCUT2D eigenvalue weighted by molar-refractivity contribution is 5.28. The third kappa shape index (κ3) is 1.47. The summed E-state index contributed by atoms with van der Waals surface area (Å²) >= 11 is 0. The van der Waals surface area contributed by atoms with Crippen LogP contribution in [0.3, 0.4) is 0 Å². The van der Waals surface area contributed by atoms with Crippen molar-refractivity contribution in [2.75, 3.05) is 6.61 Å². The third-order valence-corrected chi connectivity index (χ3v) is 2.24. The van der Waals surface area contributed by atoms with Crippen molar-refractivity contribution in [1.29, 1.82) is 0 Å². The van der Waals surface area contributed by atoms with E-state index in [-0.39, 0.29) is 12.5 Å². The van der Waals surface area contributed by atoms with Crippen molar-refractivity contribution in [2.45, 2.75) is 32.2 Å². The lowest BCUT2D eigenvalue weighted by atomic mass is 10.1. The molecule has 14 heavy (non-hydrogen) atoms. The molecule has 2 heterocycles. The summed E-state index contributed by atoms with van der Waals surface area (Å²) in [5, 5.41) is 3.89. The first-order chi connectivity index (χ1) is 6.49. The standard InChI is InChI=1S/C9H12F2N2O/c1-6(2)7-3-12-13-4-9(10,11)5-14-8(7)13/h3,6H,4-5H2,1-2H3. The van der Waals surface area contributed by atoms with Gasteiger partial charge in [0.1, 0.15) is 6.54 Å². The van der Waals surface area contributed by atoms with Gasteiger partial charge in [-0.25, -0.2) is 13.5 Å². The Balaban J connectivity index is 2.34. The molecule has 1 aliphatic heterocycles. The van der Waals surface area contributed by atoms with Gasteiger partial charge < -0.3 is 4.74 Å². The molecule has 5 heteroatoms. The first-order valence-corrected chi connectivity index (χ1v) is 4.56. The van der Waals surface area contributed by atoms with E-state index in [9.17, 15) is 8.78 Å². The molecule has 1 aliphatic rings. The summed E-state index contributed by atoms with van der Waals surface area (Å²) in [6.07, 6.45) is 1.60. The van der Waals surface area contributed by atoms with Crippen LogP contribution in [0.25, 0.3) is 0 Å². The quantitative estimate of drug-likeness (QED) is 0.696. The number of ether oxygens (including phenoxy) is 1. The summed E-state index contributed by atoms with van der Waals surface area (Å²) in [6.45, 7) is 3.04. The number of nitrogens with zero attached hydrogens (tertiary/aromatic N) is 2. The van der Waals surface area contributed by atoms with Crippen molar-refractivity contribution in [3.63, 3.8) is 0 Å². The number of rotatable bonds is 1. The van der Waals surface area contributed by atoms with Crippen LogP contribution < -0.4 is 4.74 Å². The van der Waals surface area contributed by atoms with Crippen LogP contribution in [0.5, 0.6) is 5.88 Å². The fraction of sp³-hybridized carbons (Fsp3) is 0.667. The van der Waals surface area contributed by atoms with Crippen LogP contribution in [-0.4, -0.2) is 22.3 Å². The second-order valence-electron chi connectivity index (χ2n) is 3.86. The highest BCUT2D eigenvalue weighted by Gasteiger charge is 2.37. The zero-order chi connectivity index (χ0) is 10.3. The average Bonchev–Trinajstić information content (AvgIpc) is 2.44. The lowest BCUT2D eigenvalue weighted by Gasteiger charge is -2.24. The zero-order valence-corrected chi connectivity index (χ0v) is 8.13. The van der Waals surface area contributed by atoms with E-state index in [0.717, 1.165) is 5.56 Å². The lowest BCUT2D eigenvalue weighted by Crippen LogP contribution is -2.36. The Bertz CT molecular complexity index is 347. The summed E-state index contributed by atoms with van der Waals surface area (Å²) in [7, 11) is 0. The minimum Gasteiger partial charge on any atom is -0.471 e. The zero-order valence-electron chi connectivity index (χ0n) is 8.13. The largest absolute Gasteiger partial charge is 0.471 e. The van der Waals surface area contributed by atoms with Crippen molar-refractivity contribution in [1.82, 2.24) is 9.78 Å². The predicted octanol–water partition coefficient (Wildman–Crippen LogP) is 2.03. The number of alkyl halides is 2. The van der Waals surface area contributed by atoms with Gasteiger partial charge >= 0.3 is 5.92 Å². The minimum absolute atomic E-state index is 0.241. The van der Waals surface area contributed by atoms with Crippen LogP contribution in [0.1, 0.15) is 25.3 Å². The summed E-state index contributed by atoms with van der Waals surface area (Å²) in [4.78, 5) is 0. The van der Waals surface area contributed by atoms with Crippen molar-refractivity contribution in [2.24, 2.45) is 0 Å². The molecule has 0 N–H and O–H groups in total. The Morgan fingerprint density at radius 2 is 2.29 bits per heavy atom. The molecular formula is C9H12F2N2O. The number of halogens is 2. The summed E-state index contributed by atoms with van der Waals surface area (Å²) in [5.41, 5.74) is 0.889. The van der Waals surface area contributed by atoms with E-state index in [1.807, 2.05) is 13.8 Å². The number of fused-ring (bicyclic) bond motifs is 1. The van der Waals surface area contributed by atoms with E-state index in [1.54, 1.807) is 6.20 Å². The van der Waals surface area contributed by atoms with E-state index >= 15 is 0 Å². The molecule has 2 rings (SSSR count). The second kappa shape index (κ2) is 2.93. The molecule has 1 aromatic rings. The molecule has 0 radical (unpaired) electrons. The summed E-state index contributed by atoms with van der Waals surface area (Å²) < 4.78 is 32.1.